The van der Waals surface area contributed by atoms with Crippen molar-refractivity contribution in [2.75, 3.05) is 13.1 Å². The normalized spacial score (nSPS) is 20.6. The molecule has 1 aliphatic rings. The predicted octanol–water partition coefficient (Wildman–Crippen LogP) is 4.38. The molecule has 1 fully saturated rings. The van der Waals surface area contributed by atoms with Gasteiger partial charge in [0, 0.05) is 24.0 Å². The van der Waals surface area contributed by atoms with Gasteiger partial charge >= 0.3 is 0 Å². The molecule has 2 heterocycles. The summed E-state index contributed by atoms with van der Waals surface area (Å²) in [5, 5.41) is 1.74. The summed E-state index contributed by atoms with van der Waals surface area (Å²) in [6.45, 7) is 11.5. The number of hydrogen-bond donors (Lipinski definition) is 0. The molecule has 0 N–H and O–H groups in total. The fourth-order valence-electron chi connectivity index (χ4n) is 2.79. The summed E-state index contributed by atoms with van der Waals surface area (Å²) in [7, 11) is 0. The van der Waals surface area contributed by atoms with Crippen LogP contribution in [-0.2, 0) is 0 Å². The highest BCUT2D eigenvalue weighted by molar-refractivity contribution is 7.99. The first kappa shape index (κ1) is 14.9. The van der Waals surface area contributed by atoms with Gasteiger partial charge in [-0.15, -0.1) is 11.8 Å². The Labute approximate surface area is 122 Å². The van der Waals surface area contributed by atoms with Crippen LogP contribution in [0.25, 0.3) is 0 Å². The van der Waals surface area contributed by atoms with Gasteiger partial charge in [0.1, 0.15) is 0 Å². The fraction of sp³-hybridized carbons (Fsp3) is 0.688. The maximum absolute atomic E-state index is 4.61. The lowest BCUT2D eigenvalue weighted by atomic mass is 10.1. The number of nitrogens with zero attached hydrogens (tertiary/aromatic N) is 2. The zero-order valence-corrected chi connectivity index (χ0v) is 13.4. The summed E-state index contributed by atoms with van der Waals surface area (Å²) in [5.41, 5.74) is 1.39. The van der Waals surface area contributed by atoms with Crippen LogP contribution in [0.4, 0.5) is 0 Å². The van der Waals surface area contributed by atoms with Gasteiger partial charge in [0.25, 0.3) is 0 Å². The lowest BCUT2D eigenvalue weighted by Crippen LogP contribution is -2.27. The Kier molecular flexibility index (Phi) is 5.28. The maximum Gasteiger partial charge on any atom is 0.0962 e. The van der Waals surface area contributed by atoms with Crippen molar-refractivity contribution >= 4 is 11.8 Å². The Hall–Kier alpha value is -0.540. The SMILES string of the molecule is CC(C)CN1CCC[C@H]1c1ccc(SC(C)C)nc1. The number of likely N-dealkylation sites (tertiary alicyclic amines) is 1. The largest absolute Gasteiger partial charge is 0.296 e. The van der Waals surface area contributed by atoms with E-state index in [4.69, 9.17) is 0 Å². The van der Waals surface area contributed by atoms with Gasteiger partial charge in [-0.25, -0.2) is 4.98 Å². The summed E-state index contributed by atoms with van der Waals surface area (Å²) in [4.78, 5) is 7.24. The minimum absolute atomic E-state index is 0.591. The average molecular weight is 278 g/mol. The zero-order chi connectivity index (χ0) is 13.8. The summed E-state index contributed by atoms with van der Waals surface area (Å²) >= 11 is 1.84. The fourth-order valence-corrected chi connectivity index (χ4v) is 3.53. The molecule has 2 rings (SSSR count). The molecule has 1 atom stereocenters. The molecular formula is C16H26N2S. The van der Waals surface area contributed by atoms with E-state index < -0.39 is 0 Å². The third-order valence-electron chi connectivity index (χ3n) is 3.46. The molecule has 0 saturated carbocycles. The second-order valence-electron chi connectivity index (χ2n) is 6.14. The molecule has 1 saturated heterocycles. The van der Waals surface area contributed by atoms with Gasteiger partial charge < -0.3 is 0 Å². The van der Waals surface area contributed by atoms with E-state index in [0.29, 0.717) is 11.3 Å². The van der Waals surface area contributed by atoms with Gasteiger partial charge in [0.05, 0.1) is 5.03 Å². The molecule has 0 spiro atoms. The maximum atomic E-state index is 4.61. The van der Waals surface area contributed by atoms with Crippen LogP contribution in [0.5, 0.6) is 0 Å². The number of aromatic nitrogens is 1. The van der Waals surface area contributed by atoms with Crippen LogP contribution in [0, 0.1) is 5.92 Å². The Morgan fingerprint density at radius 2 is 2.11 bits per heavy atom. The highest BCUT2D eigenvalue weighted by atomic mass is 32.2. The Balaban J connectivity index is 2.04. The third-order valence-corrected chi connectivity index (χ3v) is 4.42. The summed E-state index contributed by atoms with van der Waals surface area (Å²) < 4.78 is 0. The predicted molar refractivity (Wildman–Crippen MR) is 83.6 cm³/mol. The van der Waals surface area contributed by atoms with Crippen molar-refractivity contribution in [3.63, 3.8) is 0 Å². The highest BCUT2D eigenvalue weighted by Crippen LogP contribution is 2.32. The van der Waals surface area contributed by atoms with Gasteiger partial charge in [0.15, 0.2) is 0 Å². The van der Waals surface area contributed by atoms with Crippen LogP contribution >= 0.6 is 11.8 Å². The van der Waals surface area contributed by atoms with Gasteiger partial charge in [-0.05, 0) is 36.9 Å². The van der Waals surface area contributed by atoms with Crippen molar-refractivity contribution in [2.24, 2.45) is 5.92 Å². The molecule has 106 valence electrons. The molecule has 2 nitrogen and oxygen atoms in total. The van der Waals surface area contributed by atoms with Crippen LogP contribution in [0.3, 0.4) is 0 Å². The van der Waals surface area contributed by atoms with E-state index in [2.05, 4.69) is 55.9 Å². The van der Waals surface area contributed by atoms with Crippen LogP contribution < -0.4 is 0 Å². The first-order chi connectivity index (χ1) is 9.06. The highest BCUT2D eigenvalue weighted by Gasteiger charge is 2.26. The zero-order valence-electron chi connectivity index (χ0n) is 12.6. The van der Waals surface area contributed by atoms with Crippen molar-refractivity contribution in [3.05, 3.63) is 23.9 Å². The molecule has 0 unspecified atom stereocenters. The minimum Gasteiger partial charge on any atom is -0.296 e. The second kappa shape index (κ2) is 6.76. The summed E-state index contributed by atoms with van der Waals surface area (Å²) in [6.07, 6.45) is 4.69. The number of hydrogen-bond acceptors (Lipinski definition) is 3. The van der Waals surface area contributed by atoms with Gasteiger partial charge in [-0.2, -0.15) is 0 Å². The Morgan fingerprint density at radius 1 is 1.32 bits per heavy atom. The van der Waals surface area contributed by atoms with Crippen LogP contribution in [0.2, 0.25) is 0 Å². The Morgan fingerprint density at radius 3 is 2.68 bits per heavy atom. The number of thioether (sulfide) groups is 1. The molecule has 0 aromatic carbocycles. The van der Waals surface area contributed by atoms with Crippen LogP contribution in [0.15, 0.2) is 23.4 Å². The molecule has 1 aromatic rings. The third kappa shape index (κ3) is 4.22. The molecule has 0 aliphatic carbocycles. The van der Waals surface area contributed by atoms with Gasteiger partial charge in [0.2, 0.25) is 0 Å². The monoisotopic (exact) mass is 278 g/mol. The van der Waals surface area contributed by atoms with Crippen molar-refractivity contribution < 1.29 is 0 Å². The van der Waals surface area contributed by atoms with E-state index in [1.807, 2.05) is 11.8 Å². The smallest absolute Gasteiger partial charge is 0.0962 e. The van der Waals surface area contributed by atoms with E-state index >= 15 is 0 Å². The summed E-state index contributed by atoms with van der Waals surface area (Å²) in [6, 6.07) is 5.06. The number of rotatable bonds is 5. The van der Waals surface area contributed by atoms with E-state index in [-0.39, 0.29) is 0 Å². The molecule has 0 bridgehead atoms. The van der Waals surface area contributed by atoms with E-state index in [0.717, 1.165) is 10.9 Å². The van der Waals surface area contributed by atoms with E-state index in [9.17, 15) is 0 Å². The van der Waals surface area contributed by atoms with Crippen LogP contribution in [-0.4, -0.2) is 28.2 Å². The first-order valence-corrected chi connectivity index (χ1v) is 8.31. The molecule has 19 heavy (non-hydrogen) atoms. The standard InChI is InChI=1S/C16H26N2S/c1-12(2)11-18-9-5-6-15(18)14-7-8-16(17-10-14)19-13(3)4/h7-8,10,12-13,15H,5-6,9,11H2,1-4H3/t15-/m0/s1. The lowest BCUT2D eigenvalue weighted by molar-refractivity contribution is 0.228. The van der Waals surface area contributed by atoms with E-state index in [1.54, 1.807) is 0 Å². The molecule has 0 radical (unpaired) electrons. The lowest BCUT2D eigenvalue weighted by Gasteiger charge is -2.26. The summed E-state index contributed by atoms with van der Waals surface area (Å²) in [5.74, 6) is 0.740. The van der Waals surface area contributed by atoms with E-state index in [1.165, 1.54) is 31.5 Å². The quantitative estimate of drug-likeness (QED) is 0.744. The average Bonchev–Trinajstić information content (AvgIpc) is 2.76. The second-order valence-corrected chi connectivity index (χ2v) is 7.74. The molecular weight excluding hydrogens is 252 g/mol. The Bertz CT molecular complexity index is 386. The van der Waals surface area contributed by atoms with Crippen molar-refractivity contribution in [1.29, 1.82) is 0 Å². The first-order valence-electron chi connectivity index (χ1n) is 7.43. The van der Waals surface area contributed by atoms with Crippen LogP contribution in [0.1, 0.15) is 52.1 Å². The van der Waals surface area contributed by atoms with Gasteiger partial charge in [-0.3, -0.25) is 4.90 Å². The van der Waals surface area contributed by atoms with Gasteiger partial charge in [-0.1, -0.05) is 33.8 Å². The topological polar surface area (TPSA) is 16.1 Å². The number of pyridine rings is 1. The molecule has 3 heteroatoms. The minimum atomic E-state index is 0.591. The molecule has 0 amide bonds. The van der Waals surface area contributed by atoms with Crippen molar-refractivity contribution in [2.45, 2.75) is 56.9 Å². The van der Waals surface area contributed by atoms with Crippen molar-refractivity contribution in [3.8, 4) is 0 Å². The van der Waals surface area contributed by atoms with Crippen molar-refractivity contribution in [1.82, 2.24) is 9.88 Å². The molecule has 1 aliphatic heterocycles. The molecule has 1 aromatic heterocycles.